The third-order valence-corrected chi connectivity index (χ3v) is 6.04. The molecule has 3 rings (SSSR count). The molecule has 0 bridgehead atoms. The minimum Gasteiger partial charge on any atom is -0.492 e. The lowest BCUT2D eigenvalue weighted by molar-refractivity contribution is 0.172. The van der Waals surface area contributed by atoms with E-state index in [1.54, 1.807) is 18.2 Å². The number of aliphatic hydroxyl groups excluding tert-OH is 1. The van der Waals surface area contributed by atoms with Crippen molar-refractivity contribution in [3.8, 4) is 5.75 Å². The van der Waals surface area contributed by atoms with Crippen LogP contribution in [0.15, 0.2) is 36.4 Å². The molecule has 0 unspecified atom stereocenters. The van der Waals surface area contributed by atoms with E-state index in [4.69, 9.17) is 4.74 Å². The number of hydrogen-bond acceptors (Lipinski definition) is 6. The molecule has 1 atom stereocenters. The Labute approximate surface area is 189 Å². The Morgan fingerprint density at radius 1 is 1.27 bits per heavy atom. The van der Waals surface area contributed by atoms with Crippen molar-refractivity contribution in [3.63, 3.8) is 0 Å². The lowest BCUT2D eigenvalue weighted by Gasteiger charge is -2.15. The Bertz CT molecular complexity index is 1120. The van der Waals surface area contributed by atoms with Crippen LogP contribution >= 0.6 is 22.6 Å². The maximum absolute atomic E-state index is 11.5. The van der Waals surface area contributed by atoms with Crippen LogP contribution < -0.4 is 14.8 Å². The quantitative estimate of drug-likeness (QED) is 0.231. The third kappa shape index (κ3) is 6.06. The number of rotatable bonds is 10. The van der Waals surface area contributed by atoms with E-state index < -0.39 is 16.1 Å². The summed E-state index contributed by atoms with van der Waals surface area (Å²) in [4.78, 5) is 0. The molecule has 0 aliphatic carbocycles. The number of fused-ring (bicyclic) bond motifs is 1. The minimum absolute atomic E-state index is 0.321. The van der Waals surface area contributed by atoms with E-state index in [0.29, 0.717) is 30.9 Å². The number of ether oxygens (including phenoxy) is 1. The van der Waals surface area contributed by atoms with E-state index in [0.717, 1.165) is 38.6 Å². The van der Waals surface area contributed by atoms with Crippen molar-refractivity contribution in [2.45, 2.75) is 19.4 Å². The van der Waals surface area contributed by atoms with Gasteiger partial charge in [-0.25, -0.2) is 8.42 Å². The number of nitrogens with zero attached hydrogens (tertiary/aromatic N) is 1. The summed E-state index contributed by atoms with van der Waals surface area (Å²) in [6.07, 6.45) is 1.20. The van der Waals surface area contributed by atoms with Crippen LogP contribution in [0.25, 0.3) is 10.9 Å². The molecular formula is C20H25IN4O4S. The number of halogens is 1. The van der Waals surface area contributed by atoms with E-state index in [9.17, 15) is 13.5 Å². The molecule has 30 heavy (non-hydrogen) atoms. The summed E-state index contributed by atoms with van der Waals surface area (Å²) >= 11 is 2.05. The van der Waals surface area contributed by atoms with Crippen LogP contribution in [0.2, 0.25) is 0 Å². The fourth-order valence-corrected chi connectivity index (χ4v) is 4.26. The van der Waals surface area contributed by atoms with Crippen molar-refractivity contribution in [1.29, 1.82) is 0 Å². The average molecular weight is 544 g/mol. The van der Waals surface area contributed by atoms with Crippen LogP contribution in [0.5, 0.6) is 5.75 Å². The number of aryl methyl sites for hydroxylation is 1. The molecule has 1 aromatic heterocycles. The Morgan fingerprint density at radius 2 is 2.07 bits per heavy atom. The molecule has 0 aliphatic heterocycles. The fourth-order valence-electron chi connectivity index (χ4n) is 3.04. The first kappa shape index (κ1) is 22.8. The number of aromatic amines is 1. The molecule has 0 amide bonds. The number of sulfonamides is 1. The first-order valence-electron chi connectivity index (χ1n) is 9.52. The van der Waals surface area contributed by atoms with Gasteiger partial charge in [-0.1, -0.05) is 13.0 Å². The Morgan fingerprint density at radius 3 is 2.80 bits per heavy atom. The van der Waals surface area contributed by atoms with E-state index in [1.807, 2.05) is 40.8 Å². The predicted octanol–water partition coefficient (Wildman–Crippen LogP) is 2.80. The molecule has 0 saturated heterocycles. The summed E-state index contributed by atoms with van der Waals surface area (Å²) in [7, 11) is -3.38. The SMILES string of the molecule is CCc1n[nH]c2cc(OCCNC[C@H](O)c3ccc(I)c(NS(C)(=O)=O)c3)ccc12. The fraction of sp³-hybridized carbons (Fsp3) is 0.350. The zero-order valence-corrected chi connectivity index (χ0v) is 19.7. The minimum atomic E-state index is -3.38. The first-order valence-corrected chi connectivity index (χ1v) is 12.5. The van der Waals surface area contributed by atoms with E-state index in [-0.39, 0.29) is 0 Å². The van der Waals surface area contributed by atoms with Crippen molar-refractivity contribution in [3.05, 3.63) is 51.2 Å². The number of benzene rings is 2. The predicted molar refractivity (Wildman–Crippen MR) is 126 cm³/mol. The maximum atomic E-state index is 11.5. The highest BCUT2D eigenvalue weighted by atomic mass is 127. The van der Waals surface area contributed by atoms with Gasteiger partial charge >= 0.3 is 0 Å². The van der Waals surface area contributed by atoms with Crippen molar-refractivity contribution < 1.29 is 18.3 Å². The normalized spacial score (nSPS) is 12.8. The van der Waals surface area contributed by atoms with Crippen LogP contribution in [0.1, 0.15) is 24.3 Å². The molecule has 10 heteroatoms. The third-order valence-electron chi connectivity index (χ3n) is 4.50. The molecule has 162 valence electrons. The molecule has 0 aliphatic rings. The van der Waals surface area contributed by atoms with Gasteiger partial charge in [0, 0.05) is 28.1 Å². The van der Waals surface area contributed by atoms with Crippen molar-refractivity contribution in [2.24, 2.45) is 0 Å². The van der Waals surface area contributed by atoms with E-state index in [2.05, 4.69) is 27.2 Å². The summed E-state index contributed by atoms with van der Waals surface area (Å²) < 4.78 is 31.9. The van der Waals surface area contributed by atoms with Gasteiger partial charge < -0.3 is 15.2 Å². The molecule has 1 heterocycles. The van der Waals surface area contributed by atoms with Crippen LogP contribution in [0.4, 0.5) is 5.69 Å². The number of hydrogen-bond donors (Lipinski definition) is 4. The van der Waals surface area contributed by atoms with Crippen molar-refractivity contribution in [1.82, 2.24) is 15.5 Å². The highest BCUT2D eigenvalue weighted by Crippen LogP contribution is 2.24. The van der Waals surface area contributed by atoms with Crippen LogP contribution in [0, 0.1) is 3.57 Å². The number of aliphatic hydroxyl groups is 1. The zero-order chi connectivity index (χ0) is 21.7. The molecular weight excluding hydrogens is 519 g/mol. The van der Waals surface area contributed by atoms with Crippen molar-refractivity contribution >= 4 is 49.2 Å². The maximum Gasteiger partial charge on any atom is 0.229 e. The van der Waals surface area contributed by atoms with Gasteiger partial charge in [-0.2, -0.15) is 5.10 Å². The smallest absolute Gasteiger partial charge is 0.229 e. The Balaban J connectivity index is 1.48. The Hall–Kier alpha value is -1.89. The molecule has 0 radical (unpaired) electrons. The van der Waals surface area contributed by atoms with Gasteiger partial charge in [-0.05, 0) is 58.8 Å². The summed E-state index contributed by atoms with van der Waals surface area (Å²) in [6.45, 7) is 3.39. The number of H-pyrrole nitrogens is 1. The summed E-state index contributed by atoms with van der Waals surface area (Å²) in [5, 5.41) is 22.0. The second-order valence-corrected chi connectivity index (χ2v) is 9.82. The van der Waals surface area contributed by atoms with E-state index >= 15 is 0 Å². The summed E-state index contributed by atoms with van der Waals surface area (Å²) in [5.41, 5.74) is 3.08. The van der Waals surface area contributed by atoms with Crippen LogP contribution in [-0.2, 0) is 16.4 Å². The van der Waals surface area contributed by atoms with E-state index in [1.165, 1.54) is 0 Å². The zero-order valence-electron chi connectivity index (χ0n) is 16.8. The second-order valence-electron chi connectivity index (χ2n) is 6.91. The van der Waals surface area contributed by atoms with Gasteiger partial charge in [-0.3, -0.25) is 9.82 Å². The van der Waals surface area contributed by atoms with Gasteiger partial charge in [-0.15, -0.1) is 0 Å². The average Bonchev–Trinajstić information content (AvgIpc) is 3.10. The molecule has 0 fully saturated rings. The highest BCUT2D eigenvalue weighted by Gasteiger charge is 2.12. The summed E-state index contributed by atoms with van der Waals surface area (Å²) in [6, 6.07) is 11.1. The molecule has 3 aromatic rings. The largest absolute Gasteiger partial charge is 0.492 e. The van der Waals surface area contributed by atoms with Gasteiger partial charge in [0.25, 0.3) is 0 Å². The Kier molecular flexibility index (Phi) is 7.55. The monoisotopic (exact) mass is 544 g/mol. The first-order chi connectivity index (χ1) is 14.3. The number of anilines is 1. The van der Waals surface area contributed by atoms with Gasteiger partial charge in [0.05, 0.1) is 29.3 Å². The van der Waals surface area contributed by atoms with Crippen LogP contribution in [-0.4, -0.2) is 49.7 Å². The number of aromatic nitrogens is 2. The standard InChI is InChI=1S/C20H25IN4O4S/c1-3-17-15-6-5-14(11-18(15)24-23-17)29-9-8-22-12-20(26)13-4-7-16(21)19(10-13)25-30(2,27)28/h4-7,10-11,20,22,25-26H,3,8-9,12H2,1-2H3,(H,23,24)/t20-/m0/s1. The topological polar surface area (TPSA) is 116 Å². The second kappa shape index (κ2) is 9.94. The lowest BCUT2D eigenvalue weighted by atomic mass is 10.1. The summed E-state index contributed by atoms with van der Waals surface area (Å²) in [5.74, 6) is 0.755. The molecule has 8 nitrogen and oxygen atoms in total. The molecule has 0 spiro atoms. The molecule has 0 saturated carbocycles. The van der Waals surface area contributed by atoms with Crippen LogP contribution in [0.3, 0.4) is 0 Å². The van der Waals surface area contributed by atoms with Gasteiger partial charge in [0.15, 0.2) is 0 Å². The van der Waals surface area contributed by atoms with Gasteiger partial charge in [0.2, 0.25) is 10.0 Å². The number of nitrogens with one attached hydrogen (secondary N) is 3. The van der Waals surface area contributed by atoms with Gasteiger partial charge in [0.1, 0.15) is 12.4 Å². The molecule has 4 N–H and O–H groups in total. The van der Waals surface area contributed by atoms with Crippen molar-refractivity contribution in [2.75, 3.05) is 30.7 Å². The lowest BCUT2D eigenvalue weighted by Crippen LogP contribution is -2.26. The molecule has 2 aromatic carbocycles. The highest BCUT2D eigenvalue weighted by molar-refractivity contribution is 14.1.